The molecule has 0 aromatic heterocycles. The van der Waals surface area contributed by atoms with Gasteiger partial charge in [-0.15, -0.1) is 11.8 Å². The van der Waals surface area contributed by atoms with E-state index in [0.717, 1.165) is 16.1 Å². The van der Waals surface area contributed by atoms with E-state index in [2.05, 4.69) is 5.32 Å². The second-order valence-electron chi connectivity index (χ2n) is 5.87. The van der Waals surface area contributed by atoms with Gasteiger partial charge in [0.05, 0.1) is 5.75 Å². The first-order chi connectivity index (χ1) is 12.6. The summed E-state index contributed by atoms with van der Waals surface area (Å²) in [6, 6.07) is 24.3. The topological polar surface area (TPSA) is 46.2 Å². The molecular formula is C22H19NO2S. The standard InChI is InChI=1S/C22H19NO2S/c1-16-8-5-6-13-20(16)22(25)23-18-11-7-12-19(14-18)26-15-21(24)17-9-3-2-4-10-17/h2-14H,15H2,1H3,(H,23,25). The Balaban J connectivity index is 1.64. The van der Waals surface area contributed by atoms with Crippen LogP contribution in [0.3, 0.4) is 0 Å². The molecule has 0 atom stereocenters. The molecule has 1 N–H and O–H groups in total. The van der Waals surface area contributed by atoms with Crippen LogP contribution >= 0.6 is 11.8 Å². The van der Waals surface area contributed by atoms with Crippen LogP contribution < -0.4 is 5.32 Å². The van der Waals surface area contributed by atoms with Crippen molar-refractivity contribution in [1.82, 2.24) is 0 Å². The Kier molecular flexibility index (Phi) is 5.87. The third-order valence-corrected chi connectivity index (χ3v) is 4.94. The SMILES string of the molecule is Cc1ccccc1C(=O)Nc1cccc(SCC(=O)c2ccccc2)c1. The molecule has 0 aliphatic rings. The second kappa shape index (κ2) is 8.50. The van der Waals surface area contributed by atoms with E-state index in [1.807, 2.05) is 85.8 Å². The first-order valence-electron chi connectivity index (χ1n) is 8.31. The highest BCUT2D eigenvalue weighted by atomic mass is 32.2. The number of hydrogen-bond donors (Lipinski definition) is 1. The molecule has 0 heterocycles. The predicted molar refractivity (Wildman–Crippen MR) is 107 cm³/mol. The van der Waals surface area contributed by atoms with Crippen LogP contribution in [-0.2, 0) is 0 Å². The Bertz CT molecular complexity index is 922. The quantitative estimate of drug-likeness (QED) is 0.483. The smallest absolute Gasteiger partial charge is 0.255 e. The lowest BCUT2D eigenvalue weighted by Crippen LogP contribution is -2.13. The molecule has 0 aliphatic carbocycles. The fourth-order valence-corrected chi connectivity index (χ4v) is 3.40. The molecule has 26 heavy (non-hydrogen) atoms. The van der Waals surface area contributed by atoms with Crippen molar-refractivity contribution >= 4 is 29.1 Å². The number of Topliss-reactive ketones (excluding diaryl/α,β-unsaturated/α-hetero) is 1. The van der Waals surface area contributed by atoms with E-state index in [9.17, 15) is 9.59 Å². The van der Waals surface area contributed by atoms with Gasteiger partial charge in [0.15, 0.2) is 5.78 Å². The molecule has 0 aliphatic heterocycles. The largest absolute Gasteiger partial charge is 0.322 e. The normalized spacial score (nSPS) is 10.3. The molecule has 0 radical (unpaired) electrons. The highest BCUT2D eigenvalue weighted by Crippen LogP contribution is 2.23. The summed E-state index contributed by atoms with van der Waals surface area (Å²) in [7, 11) is 0. The lowest BCUT2D eigenvalue weighted by atomic mass is 10.1. The van der Waals surface area contributed by atoms with E-state index < -0.39 is 0 Å². The summed E-state index contributed by atoms with van der Waals surface area (Å²) in [6.07, 6.45) is 0. The number of carbonyl (C=O) groups is 2. The van der Waals surface area contributed by atoms with Crippen LogP contribution in [-0.4, -0.2) is 17.4 Å². The number of hydrogen-bond acceptors (Lipinski definition) is 3. The number of amides is 1. The van der Waals surface area contributed by atoms with Crippen LogP contribution in [0.2, 0.25) is 0 Å². The van der Waals surface area contributed by atoms with E-state index in [4.69, 9.17) is 0 Å². The summed E-state index contributed by atoms with van der Waals surface area (Å²) in [4.78, 5) is 25.6. The monoisotopic (exact) mass is 361 g/mol. The molecule has 3 aromatic rings. The van der Waals surface area contributed by atoms with Crippen molar-refractivity contribution in [3.63, 3.8) is 0 Å². The summed E-state index contributed by atoms with van der Waals surface area (Å²) < 4.78 is 0. The van der Waals surface area contributed by atoms with Gasteiger partial charge in [0, 0.05) is 21.7 Å². The Morgan fingerprint density at radius 2 is 1.62 bits per heavy atom. The van der Waals surface area contributed by atoms with Crippen LogP contribution in [0.5, 0.6) is 0 Å². The van der Waals surface area contributed by atoms with Gasteiger partial charge in [0.25, 0.3) is 5.91 Å². The maximum atomic E-state index is 12.4. The van der Waals surface area contributed by atoms with Crippen molar-refractivity contribution in [2.45, 2.75) is 11.8 Å². The molecule has 0 spiro atoms. The van der Waals surface area contributed by atoms with Crippen LogP contribution in [0.25, 0.3) is 0 Å². The first-order valence-corrected chi connectivity index (χ1v) is 9.30. The molecule has 130 valence electrons. The Labute approximate surface area is 157 Å². The van der Waals surface area contributed by atoms with Gasteiger partial charge in [0.1, 0.15) is 0 Å². The molecule has 0 saturated carbocycles. The molecule has 0 saturated heterocycles. The summed E-state index contributed by atoms with van der Waals surface area (Å²) in [5, 5.41) is 2.92. The molecule has 4 heteroatoms. The Hall–Kier alpha value is -2.85. The van der Waals surface area contributed by atoms with Crippen molar-refractivity contribution in [1.29, 1.82) is 0 Å². The van der Waals surface area contributed by atoms with Gasteiger partial charge in [-0.25, -0.2) is 0 Å². The number of rotatable bonds is 6. The summed E-state index contributed by atoms with van der Waals surface area (Å²) in [5.41, 5.74) is 3.02. The van der Waals surface area contributed by atoms with E-state index in [1.54, 1.807) is 0 Å². The predicted octanol–water partition coefficient (Wildman–Crippen LogP) is 5.22. The zero-order valence-electron chi connectivity index (χ0n) is 14.4. The number of benzene rings is 3. The van der Waals surface area contributed by atoms with Crippen molar-refractivity contribution in [2.24, 2.45) is 0 Å². The van der Waals surface area contributed by atoms with Crippen LogP contribution in [0.15, 0.2) is 83.8 Å². The molecule has 0 unspecified atom stereocenters. The van der Waals surface area contributed by atoms with Crippen LogP contribution in [0.1, 0.15) is 26.3 Å². The fourth-order valence-electron chi connectivity index (χ4n) is 2.55. The van der Waals surface area contributed by atoms with Gasteiger partial charge < -0.3 is 5.32 Å². The third kappa shape index (κ3) is 4.61. The molecular weight excluding hydrogens is 342 g/mol. The van der Waals surface area contributed by atoms with Gasteiger partial charge >= 0.3 is 0 Å². The van der Waals surface area contributed by atoms with E-state index in [1.165, 1.54) is 11.8 Å². The molecule has 3 nitrogen and oxygen atoms in total. The number of anilines is 1. The Morgan fingerprint density at radius 3 is 2.38 bits per heavy atom. The van der Waals surface area contributed by atoms with Crippen molar-refractivity contribution < 1.29 is 9.59 Å². The van der Waals surface area contributed by atoms with Crippen molar-refractivity contribution in [3.05, 3.63) is 95.6 Å². The highest BCUT2D eigenvalue weighted by Gasteiger charge is 2.10. The number of carbonyl (C=O) groups excluding carboxylic acids is 2. The maximum absolute atomic E-state index is 12.4. The summed E-state index contributed by atoms with van der Waals surface area (Å²) >= 11 is 1.46. The molecule has 3 aromatic carbocycles. The number of ketones is 1. The van der Waals surface area contributed by atoms with Crippen LogP contribution in [0, 0.1) is 6.92 Å². The van der Waals surface area contributed by atoms with Gasteiger partial charge in [-0.2, -0.15) is 0 Å². The zero-order chi connectivity index (χ0) is 18.4. The van der Waals surface area contributed by atoms with Crippen molar-refractivity contribution in [2.75, 3.05) is 11.1 Å². The van der Waals surface area contributed by atoms with Gasteiger partial charge in [-0.05, 0) is 36.8 Å². The lowest BCUT2D eigenvalue weighted by molar-refractivity contribution is 0.101. The van der Waals surface area contributed by atoms with Crippen LogP contribution in [0.4, 0.5) is 5.69 Å². The third-order valence-electron chi connectivity index (χ3n) is 3.95. The van der Waals surface area contributed by atoms with E-state index in [0.29, 0.717) is 16.9 Å². The van der Waals surface area contributed by atoms with Gasteiger partial charge in [0.2, 0.25) is 0 Å². The van der Waals surface area contributed by atoms with Gasteiger partial charge in [-0.3, -0.25) is 9.59 Å². The zero-order valence-corrected chi connectivity index (χ0v) is 15.3. The molecule has 0 fully saturated rings. The lowest BCUT2D eigenvalue weighted by Gasteiger charge is -2.09. The summed E-state index contributed by atoms with van der Waals surface area (Å²) in [5.74, 6) is 0.315. The highest BCUT2D eigenvalue weighted by molar-refractivity contribution is 8.00. The van der Waals surface area contributed by atoms with E-state index >= 15 is 0 Å². The van der Waals surface area contributed by atoms with Gasteiger partial charge in [-0.1, -0.05) is 54.6 Å². The van der Waals surface area contributed by atoms with E-state index in [-0.39, 0.29) is 11.7 Å². The molecule has 0 bridgehead atoms. The molecule has 1 amide bonds. The number of nitrogens with one attached hydrogen (secondary N) is 1. The van der Waals surface area contributed by atoms with Crippen molar-refractivity contribution in [3.8, 4) is 0 Å². The molecule has 3 rings (SSSR count). The summed E-state index contributed by atoms with van der Waals surface area (Å²) in [6.45, 7) is 1.91. The Morgan fingerprint density at radius 1 is 0.885 bits per heavy atom. The number of aryl methyl sites for hydroxylation is 1. The average molecular weight is 361 g/mol. The second-order valence-corrected chi connectivity index (χ2v) is 6.92. The average Bonchev–Trinajstić information content (AvgIpc) is 2.67. The minimum absolute atomic E-state index is 0.0879. The first kappa shape index (κ1) is 18.0. The minimum Gasteiger partial charge on any atom is -0.322 e. The minimum atomic E-state index is -0.134. The fraction of sp³-hybridized carbons (Fsp3) is 0.0909. The maximum Gasteiger partial charge on any atom is 0.255 e. The number of thioether (sulfide) groups is 1.